The minimum atomic E-state index is -3.42. The summed E-state index contributed by atoms with van der Waals surface area (Å²) in [6.45, 7) is 2.70. The first-order chi connectivity index (χ1) is 13.4. The van der Waals surface area contributed by atoms with E-state index in [1.54, 1.807) is 12.1 Å². The Morgan fingerprint density at radius 3 is 2.39 bits per heavy atom. The highest BCUT2D eigenvalue weighted by molar-refractivity contribution is 7.99. The third-order valence-corrected chi connectivity index (χ3v) is 7.22. The third kappa shape index (κ3) is 4.92. The van der Waals surface area contributed by atoms with Crippen molar-refractivity contribution >= 4 is 33.2 Å². The summed E-state index contributed by atoms with van der Waals surface area (Å²) < 4.78 is 39.6. The van der Waals surface area contributed by atoms with Crippen LogP contribution in [-0.4, -0.2) is 34.7 Å². The first-order valence-electron chi connectivity index (χ1n) is 8.71. The lowest BCUT2D eigenvalue weighted by Gasteiger charge is -2.08. The standard InChI is InChI=1S/C19H19ClFN3O2S2/c1-2-24-18(14-4-6-15(20)7-5-14)22-23-19(24)27-12-3-13-28(25,26)17-10-8-16(21)9-11-17/h4-11H,2-3,12-13H2,1H3. The van der Waals surface area contributed by atoms with Gasteiger partial charge in [0, 0.05) is 22.9 Å². The maximum Gasteiger partial charge on any atom is 0.191 e. The van der Waals surface area contributed by atoms with Gasteiger partial charge in [0.2, 0.25) is 0 Å². The lowest BCUT2D eigenvalue weighted by molar-refractivity contribution is 0.593. The van der Waals surface area contributed by atoms with Crippen LogP contribution in [0.2, 0.25) is 5.02 Å². The van der Waals surface area contributed by atoms with E-state index in [9.17, 15) is 12.8 Å². The topological polar surface area (TPSA) is 64.8 Å². The second kappa shape index (κ2) is 9.07. The fourth-order valence-electron chi connectivity index (χ4n) is 2.67. The van der Waals surface area contributed by atoms with Crippen molar-refractivity contribution in [1.29, 1.82) is 0 Å². The number of hydrogen-bond donors (Lipinski definition) is 0. The van der Waals surface area contributed by atoms with Crippen molar-refractivity contribution in [1.82, 2.24) is 14.8 Å². The van der Waals surface area contributed by atoms with E-state index >= 15 is 0 Å². The van der Waals surface area contributed by atoms with Gasteiger partial charge in [-0.2, -0.15) is 0 Å². The van der Waals surface area contributed by atoms with Gasteiger partial charge in [0.05, 0.1) is 10.6 Å². The number of sulfone groups is 1. The van der Waals surface area contributed by atoms with Gasteiger partial charge < -0.3 is 4.57 Å². The molecule has 1 heterocycles. The summed E-state index contributed by atoms with van der Waals surface area (Å²) in [7, 11) is -3.42. The highest BCUT2D eigenvalue weighted by Gasteiger charge is 2.16. The van der Waals surface area contributed by atoms with Crippen LogP contribution in [0.25, 0.3) is 11.4 Å². The molecule has 148 valence electrons. The molecule has 0 fully saturated rings. The largest absolute Gasteiger partial charge is 0.302 e. The number of benzene rings is 2. The molecular weight excluding hydrogens is 421 g/mol. The molecular formula is C19H19ClFN3O2S2. The van der Waals surface area contributed by atoms with Crippen molar-refractivity contribution in [2.24, 2.45) is 0 Å². The zero-order chi connectivity index (χ0) is 20.1. The lowest BCUT2D eigenvalue weighted by atomic mass is 10.2. The minimum absolute atomic E-state index is 0.00403. The fraction of sp³-hybridized carbons (Fsp3) is 0.263. The molecule has 9 heteroatoms. The van der Waals surface area contributed by atoms with E-state index < -0.39 is 15.7 Å². The normalized spacial score (nSPS) is 11.7. The molecule has 0 aliphatic carbocycles. The molecule has 5 nitrogen and oxygen atoms in total. The molecule has 0 aliphatic rings. The predicted octanol–water partition coefficient (Wildman–Crippen LogP) is 4.71. The number of hydrogen-bond acceptors (Lipinski definition) is 5. The molecule has 1 aromatic heterocycles. The maximum atomic E-state index is 13.0. The molecule has 0 spiro atoms. The molecule has 0 N–H and O–H groups in total. The molecule has 0 radical (unpaired) electrons. The van der Waals surface area contributed by atoms with Crippen LogP contribution in [0.1, 0.15) is 13.3 Å². The highest BCUT2D eigenvalue weighted by atomic mass is 35.5. The quantitative estimate of drug-likeness (QED) is 0.289. The summed E-state index contributed by atoms with van der Waals surface area (Å²) in [5, 5.41) is 9.90. The van der Waals surface area contributed by atoms with E-state index in [0.717, 1.165) is 28.7 Å². The highest BCUT2D eigenvalue weighted by Crippen LogP contribution is 2.25. The molecule has 0 atom stereocenters. The van der Waals surface area contributed by atoms with Crippen LogP contribution in [0.3, 0.4) is 0 Å². The summed E-state index contributed by atoms with van der Waals surface area (Å²) in [6, 6.07) is 12.3. The minimum Gasteiger partial charge on any atom is -0.302 e. The molecule has 0 unspecified atom stereocenters. The van der Waals surface area contributed by atoms with Crippen molar-refractivity contribution in [2.75, 3.05) is 11.5 Å². The first kappa shape index (κ1) is 20.8. The van der Waals surface area contributed by atoms with Gasteiger partial charge >= 0.3 is 0 Å². The molecule has 28 heavy (non-hydrogen) atoms. The zero-order valence-electron chi connectivity index (χ0n) is 15.2. The number of rotatable bonds is 8. The second-order valence-electron chi connectivity index (χ2n) is 6.03. The van der Waals surface area contributed by atoms with E-state index in [4.69, 9.17) is 11.6 Å². The Bertz CT molecular complexity index is 1040. The Balaban J connectivity index is 1.62. The number of halogens is 2. The van der Waals surface area contributed by atoms with Crippen LogP contribution in [0.4, 0.5) is 4.39 Å². The van der Waals surface area contributed by atoms with Gasteiger partial charge in [0.25, 0.3) is 0 Å². The van der Waals surface area contributed by atoms with Gasteiger partial charge in [-0.25, -0.2) is 12.8 Å². The van der Waals surface area contributed by atoms with Crippen LogP contribution in [0.15, 0.2) is 58.6 Å². The van der Waals surface area contributed by atoms with Gasteiger partial charge in [0.1, 0.15) is 5.82 Å². The monoisotopic (exact) mass is 439 g/mol. The number of aromatic nitrogens is 3. The Labute approximate surface area is 172 Å². The molecule has 0 bridgehead atoms. The van der Waals surface area contributed by atoms with Crippen molar-refractivity contribution < 1.29 is 12.8 Å². The van der Waals surface area contributed by atoms with E-state index in [0.29, 0.717) is 23.7 Å². The summed E-state index contributed by atoms with van der Waals surface area (Å²) in [5.41, 5.74) is 0.921. The summed E-state index contributed by atoms with van der Waals surface area (Å²) in [5.74, 6) is 0.875. The third-order valence-electron chi connectivity index (χ3n) is 4.10. The summed E-state index contributed by atoms with van der Waals surface area (Å²) in [4.78, 5) is 0.139. The zero-order valence-corrected chi connectivity index (χ0v) is 17.6. The van der Waals surface area contributed by atoms with Gasteiger partial charge in [-0.15, -0.1) is 10.2 Å². The average molecular weight is 440 g/mol. The predicted molar refractivity (Wildman–Crippen MR) is 110 cm³/mol. The van der Waals surface area contributed by atoms with Gasteiger partial charge in [-0.1, -0.05) is 23.4 Å². The van der Waals surface area contributed by atoms with Crippen molar-refractivity contribution in [2.45, 2.75) is 29.9 Å². The lowest BCUT2D eigenvalue weighted by Crippen LogP contribution is -2.08. The van der Waals surface area contributed by atoms with Crippen LogP contribution in [0, 0.1) is 5.82 Å². The second-order valence-corrected chi connectivity index (χ2v) is 9.64. The molecule has 2 aromatic carbocycles. The fourth-order valence-corrected chi connectivity index (χ4v) is 5.23. The van der Waals surface area contributed by atoms with E-state index in [1.807, 2.05) is 23.6 Å². The van der Waals surface area contributed by atoms with Gasteiger partial charge in [-0.3, -0.25) is 0 Å². The van der Waals surface area contributed by atoms with E-state index in [1.165, 1.54) is 23.9 Å². The molecule has 0 amide bonds. The van der Waals surface area contributed by atoms with Crippen LogP contribution >= 0.6 is 23.4 Å². The van der Waals surface area contributed by atoms with E-state index in [2.05, 4.69) is 10.2 Å². The maximum absolute atomic E-state index is 13.0. The van der Waals surface area contributed by atoms with Crippen LogP contribution < -0.4 is 0 Å². The van der Waals surface area contributed by atoms with E-state index in [-0.39, 0.29) is 10.6 Å². The molecule has 3 rings (SSSR count). The first-order valence-corrected chi connectivity index (χ1v) is 11.7. The van der Waals surface area contributed by atoms with Crippen molar-refractivity contribution in [3.63, 3.8) is 0 Å². The molecule has 0 saturated heterocycles. The average Bonchev–Trinajstić information content (AvgIpc) is 3.09. The number of nitrogens with zero attached hydrogens (tertiary/aromatic N) is 3. The van der Waals surface area contributed by atoms with Crippen LogP contribution in [0.5, 0.6) is 0 Å². The Morgan fingerprint density at radius 2 is 1.75 bits per heavy atom. The molecule has 0 saturated carbocycles. The van der Waals surface area contributed by atoms with Crippen LogP contribution in [-0.2, 0) is 16.4 Å². The van der Waals surface area contributed by atoms with Gasteiger partial charge in [0.15, 0.2) is 20.8 Å². The Kier molecular flexibility index (Phi) is 6.74. The Hall–Kier alpha value is -1.90. The van der Waals surface area contributed by atoms with Crippen molar-refractivity contribution in [3.8, 4) is 11.4 Å². The van der Waals surface area contributed by atoms with Gasteiger partial charge in [-0.05, 0) is 61.9 Å². The Morgan fingerprint density at radius 1 is 1.07 bits per heavy atom. The smallest absolute Gasteiger partial charge is 0.191 e. The summed E-state index contributed by atoms with van der Waals surface area (Å²) >= 11 is 7.40. The SMILES string of the molecule is CCn1c(SCCCS(=O)(=O)c2ccc(F)cc2)nnc1-c1ccc(Cl)cc1. The molecule has 0 aliphatic heterocycles. The van der Waals surface area contributed by atoms with Crippen molar-refractivity contribution in [3.05, 3.63) is 59.4 Å². The molecule has 3 aromatic rings. The number of thioether (sulfide) groups is 1. The summed E-state index contributed by atoms with van der Waals surface area (Å²) in [6.07, 6.45) is 0.456.